The minimum absolute atomic E-state index is 0. The number of benzene rings is 1. The first kappa shape index (κ1) is 14.6. The molecule has 0 atom stereocenters. The Bertz CT molecular complexity index is 309. The predicted molar refractivity (Wildman–Crippen MR) is 49.2 cm³/mol. The fourth-order valence-electron chi connectivity index (χ4n) is 0.453. The Morgan fingerprint density at radius 3 is 1.54 bits per heavy atom. The lowest BCUT2D eigenvalue weighted by molar-refractivity contribution is 0.501. The number of para-hydroxylation sites is 1. The summed E-state index contributed by atoms with van der Waals surface area (Å²) in [5.41, 5.74) is 6.18. The second-order valence-electron chi connectivity index (χ2n) is 1.79. The SMILES string of the molecule is Cl.Nc1ccccc1.O=S(=O)(F)F. The monoisotopic (exact) mass is 231 g/mol. The van der Waals surface area contributed by atoms with E-state index in [2.05, 4.69) is 0 Å². The molecule has 0 aromatic heterocycles. The fraction of sp³-hybridized carbons (Fsp3) is 0. The van der Waals surface area contributed by atoms with Crippen LogP contribution in [-0.2, 0) is 10.6 Å². The van der Waals surface area contributed by atoms with Crippen LogP contribution < -0.4 is 5.73 Å². The molecule has 2 N–H and O–H groups in total. The Labute approximate surface area is 81.5 Å². The molecule has 0 aliphatic carbocycles. The smallest absolute Gasteiger partial charge is 0.399 e. The molecule has 0 bridgehead atoms. The van der Waals surface area contributed by atoms with E-state index in [1.54, 1.807) is 0 Å². The molecule has 0 heterocycles. The van der Waals surface area contributed by atoms with Crippen molar-refractivity contribution in [2.45, 2.75) is 0 Å². The van der Waals surface area contributed by atoms with Crippen LogP contribution in [0, 0.1) is 0 Å². The number of halogens is 3. The molecule has 0 aliphatic heterocycles. The normalized spacial score (nSPS) is 9.08. The van der Waals surface area contributed by atoms with Crippen LogP contribution in [0.5, 0.6) is 0 Å². The predicted octanol–water partition coefficient (Wildman–Crippen LogP) is 1.86. The standard InChI is InChI=1S/C6H7N.ClH.F2O2S/c7-6-4-2-1-3-5-6;;1-5(2,3)4/h1-5H,7H2;1H;. The van der Waals surface area contributed by atoms with Crippen molar-refractivity contribution >= 4 is 28.7 Å². The molecule has 1 aromatic carbocycles. The molecule has 0 spiro atoms. The van der Waals surface area contributed by atoms with Crippen LogP contribution in [0.2, 0.25) is 0 Å². The second-order valence-corrected chi connectivity index (χ2v) is 2.55. The molecular formula is C6H8ClF2NO2S. The summed E-state index contributed by atoms with van der Waals surface area (Å²) in [5.74, 6) is 0. The van der Waals surface area contributed by atoms with Gasteiger partial charge in [-0.15, -0.1) is 12.4 Å². The lowest BCUT2D eigenvalue weighted by Crippen LogP contribution is -1.79. The average molecular weight is 232 g/mol. The number of nitrogen functional groups attached to an aromatic ring is 1. The molecule has 0 unspecified atom stereocenters. The van der Waals surface area contributed by atoms with Gasteiger partial charge < -0.3 is 5.73 Å². The summed E-state index contributed by atoms with van der Waals surface area (Å²) in [7, 11) is -5.67. The summed E-state index contributed by atoms with van der Waals surface area (Å²) in [6, 6.07) is 9.49. The van der Waals surface area contributed by atoms with Gasteiger partial charge in [-0.1, -0.05) is 26.0 Å². The fourth-order valence-corrected chi connectivity index (χ4v) is 0.453. The molecule has 76 valence electrons. The van der Waals surface area contributed by atoms with Crippen molar-refractivity contribution in [3.8, 4) is 0 Å². The Hall–Kier alpha value is -0.880. The van der Waals surface area contributed by atoms with Crippen molar-refractivity contribution in [1.29, 1.82) is 0 Å². The average Bonchev–Trinajstić information content (AvgIpc) is 1.85. The van der Waals surface area contributed by atoms with Gasteiger partial charge in [0.25, 0.3) is 0 Å². The van der Waals surface area contributed by atoms with Crippen molar-refractivity contribution in [3.05, 3.63) is 30.3 Å². The van der Waals surface area contributed by atoms with Gasteiger partial charge in [-0.2, -0.15) is 8.42 Å². The Kier molecular flexibility index (Phi) is 7.45. The molecule has 1 rings (SSSR count). The molecule has 1 aromatic rings. The maximum atomic E-state index is 9.99. The van der Waals surface area contributed by atoms with Gasteiger partial charge in [0.05, 0.1) is 0 Å². The molecule has 3 nitrogen and oxygen atoms in total. The summed E-state index contributed by atoms with van der Waals surface area (Å²) < 4.78 is 36.6. The first-order chi connectivity index (χ1) is 5.39. The largest absolute Gasteiger partial charge is 0.476 e. The van der Waals surface area contributed by atoms with Crippen molar-refractivity contribution < 1.29 is 16.2 Å². The number of nitrogens with two attached hydrogens (primary N) is 1. The Morgan fingerprint density at radius 2 is 1.38 bits per heavy atom. The zero-order valence-electron chi connectivity index (χ0n) is 6.35. The van der Waals surface area contributed by atoms with Crippen molar-refractivity contribution in [1.82, 2.24) is 0 Å². The van der Waals surface area contributed by atoms with E-state index in [9.17, 15) is 7.77 Å². The van der Waals surface area contributed by atoms with Crippen molar-refractivity contribution in [2.24, 2.45) is 0 Å². The van der Waals surface area contributed by atoms with Crippen LogP contribution in [-0.4, -0.2) is 8.42 Å². The third kappa shape index (κ3) is 18.2. The Morgan fingerprint density at radius 1 is 1.08 bits per heavy atom. The minimum Gasteiger partial charge on any atom is -0.399 e. The highest BCUT2D eigenvalue weighted by molar-refractivity contribution is 7.81. The van der Waals surface area contributed by atoms with Gasteiger partial charge in [0.15, 0.2) is 0 Å². The third-order valence-corrected chi connectivity index (χ3v) is 0.800. The van der Waals surface area contributed by atoms with Crippen molar-refractivity contribution in [3.63, 3.8) is 0 Å². The maximum absolute atomic E-state index is 9.99. The lowest BCUT2D eigenvalue weighted by Gasteiger charge is -1.83. The van der Waals surface area contributed by atoms with Gasteiger partial charge in [0.2, 0.25) is 0 Å². The third-order valence-electron chi connectivity index (χ3n) is 0.800. The van der Waals surface area contributed by atoms with E-state index < -0.39 is 10.6 Å². The van der Waals surface area contributed by atoms with Gasteiger partial charge in [-0.3, -0.25) is 0 Å². The molecule has 0 saturated heterocycles. The van der Waals surface area contributed by atoms with Gasteiger partial charge in [0.1, 0.15) is 0 Å². The molecule has 7 heteroatoms. The number of hydrogen-bond acceptors (Lipinski definition) is 3. The zero-order valence-corrected chi connectivity index (χ0v) is 7.99. The zero-order chi connectivity index (χ0) is 9.61. The van der Waals surface area contributed by atoms with E-state index in [1.165, 1.54) is 0 Å². The van der Waals surface area contributed by atoms with E-state index in [4.69, 9.17) is 14.2 Å². The first-order valence-electron chi connectivity index (χ1n) is 2.84. The van der Waals surface area contributed by atoms with Crippen LogP contribution in [0.3, 0.4) is 0 Å². The van der Waals surface area contributed by atoms with Gasteiger partial charge in [0, 0.05) is 5.69 Å². The summed E-state index contributed by atoms with van der Waals surface area (Å²) in [5, 5.41) is 0. The van der Waals surface area contributed by atoms with E-state index in [1.807, 2.05) is 30.3 Å². The summed E-state index contributed by atoms with van der Waals surface area (Å²) in [6.07, 6.45) is 0. The van der Waals surface area contributed by atoms with E-state index >= 15 is 0 Å². The molecule has 0 amide bonds. The van der Waals surface area contributed by atoms with Gasteiger partial charge in [-0.25, -0.2) is 0 Å². The maximum Gasteiger partial charge on any atom is 0.476 e. The van der Waals surface area contributed by atoms with E-state index in [0.29, 0.717) is 0 Å². The quantitative estimate of drug-likeness (QED) is 0.548. The lowest BCUT2D eigenvalue weighted by atomic mass is 10.3. The highest BCUT2D eigenvalue weighted by atomic mass is 35.5. The van der Waals surface area contributed by atoms with Crippen LogP contribution in [0.1, 0.15) is 0 Å². The van der Waals surface area contributed by atoms with Crippen LogP contribution in [0.25, 0.3) is 0 Å². The summed E-state index contributed by atoms with van der Waals surface area (Å²) >= 11 is 0. The molecule has 0 fully saturated rings. The molecule has 13 heavy (non-hydrogen) atoms. The van der Waals surface area contributed by atoms with E-state index in [0.717, 1.165) is 5.69 Å². The molecule has 0 aliphatic rings. The number of anilines is 1. The first-order valence-corrected chi connectivity index (χ1v) is 4.13. The highest BCUT2D eigenvalue weighted by Crippen LogP contribution is 1.95. The van der Waals surface area contributed by atoms with Crippen LogP contribution in [0.15, 0.2) is 30.3 Å². The minimum atomic E-state index is -5.67. The number of hydrogen-bond donors (Lipinski definition) is 1. The molecule has 0 radical (unpaired) electrons. The van der Waals surface area contributed by atoms with Crippen LogP contribution >= 0.6 is 12.4 Å². The van der Waals surface area contributed by atoms with Crippen molar-refractivity contribution in [2.75, 3.05) is 5.73 Å². The van der Waals surface area contributed by atoms with Crippen LogP contribution in [0.4, 0.5) is 13.5 Å². The van der Waals surface area contributed by atoms with Gasteiger partial charge >= 0.3 is 10.6 Å². The molecular weight excluding hydrogens is 224 g/mol. The molecule has 0 saturated carbocycles. The topological polar surface area (TPSA) is 60.2 Å². The van der Waals surface area contributed by atoms with Gasteiger partial charge in [-0.05, 0) is 12.1 Å². The van der Waals surface area contributed by atoms with E-state index in [-0.39, 0.29) is 12.4 Å². The summed E-state index contributed by atoms with van der Waals surface area (Å²) in [4.78, 5) is 0. The highest BCUT2D eigenvalue weighted by Gasteiger charge is 1.94. The number of rotatable bonds is 0. The Balaban J connectivity index is 0. The second kappa shape index (κ2) is 6.62. The summed E-state index contributed by atoms with van der Waals surface area (Å²) in [6.45, 7) is 0.